The molecule has 0 saturated heterocycles. The van der Waals surface area contributed by atoms with Crippen LogP contribution in [-0.2, 0) is 11.0 Å². The molecular formula is C29H56FeN6OSn2. The Morgan fingerprint density at radius 3 is 0.718 bits per heavy atom. The fraction of sp³-hybridized carbons (Fsp3) is 0.828. The van der Waals surface area contributed by atoms with E-state index in [-0.39, 0.29) is 0 Å². The zero-order valence-corrected chi connectivity index (χ0v) is 33.5. The van der Waals surface area contributed by atoms with E-state index < -0.39 is 50.5 Å². The second-order valence-electron chi connectivity index (χ2n) is 10.3. The van der Waals surface area contributed by atoms with E-state index in [0.29, 0.717) is 0 Å². The minimum atomic E-state index is -6.40. The van der Waals surface area contributed by atoms with Gasteiger partial charge in [-0.1, -0.05) is 0 Å². The molecule has 10 heteroatoms. The zero-order valence-electron chi connectivity index (χ0n) is 25.8. The van der Waals surface area contributed by atoms with Gasteiger partial charge in [-0.3, -0.25) is 0 Å². The monoisotopic (exact) mass is 800 g/mol. The molecule has 0 aliphatic heterocycles. The van der Waals surface area contributed by atoms with Gasteiger partial charge in [-0.2, -0.15) is 0 Å². The van der Waals surface area contributed by atoms with E-state index in [1.165, 1.54) is 77.0 Å². The van der Waals surface area contributed by atoms with Crippen LogP contribution in [0.15, 0.2) is 4.19 Å². The Morgan fingerprint density at radius 1 is 0.462 bits per heavy atom. The number of hydrogen-bond acceptors (Lipinski definition) is 7. The van der Waals surface area contributed by atoms with Crippen molar-refractivity contribution in [2.75, 3.05) is 0 Å². The van der Waals surface area contributed by atoms with Crippen molar-refractivity contribution in [3.8, 4) is 24.8 Å². The Hall–Kier alpha value is -0.833. The molecule has 0 aliphatic carbocycles. The average Bonchev–Trinajstić information content (AvgIpc) is 3.00. The molecule has 39 heavy (non-hydrogen) atoms. The number of nitriles is 5. The Labute approximate surface area is 253 Å². The van der Waals surface area contributed by atoms with Crippen LogP contribution in [0.1, 0.15) is 119 Å². The predicted octanol–water partition coefficient (Wildman–Crippen LogP) is 9.53. The normalized spacial score (nSPS) is 12.0. The van der Waals surface area contributed by atoms with Gasteiger partial charge in [0.1, 0.15) is 0 Å². The van der Waals surface area contributed by atoms with E-state index in [1.54, 1.807) is 26.6 Å². The third-order valence-corrected chi connectivity index (χ3v) is 31.4. The molecule has 0 N–H and O–H groups in total. The van der Waals surface area contributed by atoms with Crippen LogP contribution in [-0.4, -0.2) is 39.5 Å². The number of rotatable bonds is 19. The van der Waals surface area contributed by atoms with E-state index in [0.717, 1.165) is 24.8 Å². The van der Waals surface area contributed by atoms with E-state index in [1.807, 2.05) is 4.19 Å². The average molecular weight is 798 g/mol. The van der Waals surface area contributed by atoms with Crippen LogP contribution in [0.5, 0.6) is 0 Å². The summed E-state index contributed by atoms with van der Waals surface area (Å²) in [6, 6.07) is 0. The molecule has 0 spiro atoms. The van der Waals surface area contributed by atoms with Crippen LogP contribution in [0.25, 0.3) is 0 Å². The van der Waals surface area contributed by atoms with Gasteiger partial charge in [-0.05, 0) is 0 Å². The van der Waals surface area contributed by atoms with Gasteiger partial charge in [0.25, 0.3) is 0 Å². The summed E-state index contributed by atoms with van der Waals surface area (Å²) in [7, 11) is -6.40. The van der Waals surface area contributed by atoms with Crippen molar-refractivity contribution in [1.29, 1.82) is 26.3 Å². The van der Waals surface area contributed by atoms with E-state index >= 15 is 0 Å². The van der Waals surface area contributed by atoms with Crippen molar-refractivity contribution in [2.45, 2.75) is 145 Å². The predicted molar refractivity (Wildman–Crippen MR) is 166 cm³/mol. The molecule has 0 saturated carbocycles. The van der Waals surface area contributed by atoms with Gasteiger partial charge in [-0.25, -0.2) is 0 Å². The van der Waals surface area contributed by atoms with Gasteiger partial charge < -0.3 is 0 Å². The first-order valence-electron chi connectivity index (χ1n) is 15.0. The van der Waals surface area contributed by atoms with Crippen molar-refractivity contribution in [1.82, 2.24) is 0 Å². The van der Waals surface area contributed by atoms with Gasteiger partial charge in [0.2, 0.25) is 0 Å². The molecule has 224 valence electrons. The Kier molecular flexibility index (Phi) is 27.2. The van der Waals surface area contributed by atoms with Crippen LogP contribution in [0.2, 0.25) is 26.6 Å². The van der Waals surface area contributed by atoms with Crippen LogP contribution in [0, 0.1) is 56.1 Å². The summed E-state index contributed by atoms with van der Waals surface area (Å²) in [5, 5.41) is 42.5. The topological polar surface area (TPSA) is 148 Å². The van der Waals surface area contributed by atoms with Crippen LogP contribution >= 0.6 is 0 Å². The Balaban J connectivity index is -0.000000498. The van der Waals surface area contributed by atoms with Gasteiger partial charge >= 0.3 is 256 Å². The number of nitrogens with zero attached hydrogens (tertiary/aromatic N) is 6. The van der Waals surface area contributed by atoms with Crippen molar-refractivity contribution >= 4 is 39.5 Å². The fourth-order valence-corrected chi connectivity index (χ4v) is 26.7. The van der Waals surface area contributed by atoms with E-state index in [2.05, 4.69) is 41.5 Å². The second kappa shape index (κ2) is 24.9. The summed E-state index contributed by atoms with van der Waals surface area (Å²) < 4.78 is 12.1. The molecule has 0 unspecified atom stereocenters. The SMILES string of the molecule is CCC[CH2][SnH]([CH2]CCC)[CH2]CCC.CCC[CH2][SnH]([CH2]CCC)[CH2]CCC.N#[C][Fe]([C]#N)([C]#N)([C]#N)([C]#N)[N]=O. The molecule has 0 radical (unpaired) electrons. The first-order valence-corrected chi connectivity index (χ1v) is 32.3. The molecule has 0 aromatic carbocycles. The summed E-state index contributed by atoms with van der Waals surface area (Å²) in [6.07, 6.45) is 17.7. The van der Waals surface area contributed by atoms with E-state index in [4.69, 9.17) is 26.3 Å². The molecular weight excluding hydrogens is 742 g/mol. The maximum atomic E-state index is 10.3. The Bertz CT molecular complexity index is 710. The van der Waals surface area contributed by atoms with Crippen molar-refractivity contribution < 1.29 is 11.0 Å². The van der Waals surface area contributed by atoms with Crippen molar-refractivity contribution in [3.05, 3.63) is 4.91 Å². The minimum absolute atomic E-state index is 0.913. The third-order valence-electron chi connectivity index (χ3n) is 6.92. The number of nitroso groups, excluding NO2 is 1. The molecule has 0 aromatic heterocycles. The molecule has 0 amide bonds. The number of unbranched alkanes of at least 4 members (excludes halogenated alkanes) is 6. The summed E-state index contributed by atoms with van der Waals surface area (Å²) in [5.41, 5.74) is 0. The summed E-state index contributed by atoms with van der Waals surface area (Å²) >= 11 is -1.93. The molecule has 0 aromatic rings. The van der Waals surface area contributed by atoms with Gasteiger partial charge in [-0.15, -0.1) is 0 Å². The quantitative estimate of drug-likeness (QED) is 0.0939. The van der Waals surface area contributed by atoms with E-state index in [9.17, 15) is 4.91 Å². The molecule has 0 fully saturated rings. The second-order valence-corrected chi connectivity index (χ2v) is 35.5. The maximum absolute atomic E-state index is 10.3. The summed E-state index contributed by atoms with van der Waals surface area (Å²) in [4.78, 5) is 14.9. The fourth-order valence-electron chi connectivity index (χ4n) is 4.07. The molecule has 0 aliphatic rings. The van der Waals surface area contributed by atoms with Gasteiger partial charge in [0.15, 0.2) is 0 Å². The summed E-state index contributed by atoms with van der Waals surface area (Å²) in [5.74, 6) is 0. The first kappa shape index (κ1) is 42.6. The molecule has 0 bridgehead atoms. The van der Waals surface area contributed by atoms with Gasteiger partial charge in [0.05, 0.1) is 0 Å². The molecule has 0 heterocycles. The standard InChI is InChI=1S/6C4H9.5CN.Fe.NO.2Sn.2H/c6*1-3-4-2;5*1-2;;1-2;;;;/h6*1,3-4H2,2H3;;;;;;;;;;;/q;;;;;;;;;;;+1;-1;;;;. The third kappa shape index (κ3) is 16.3. The van der Waals surface area contributed by atoms with Crippen molar-refractivity contribution in [2.24, 2.45) is 4.19 Å². The van der Waals surface area contributed by atoms with Crippen LogP contribution in [0.3, 0.4) is 0 Å². The van der Waals surface area contributed by atoms with Crippen LogP contribution in [0.4, 0.5) is 0 Å². The number of hydrogen-bond donors (Lipinski definition) is 0. The molecule has 7 nitrogen and oxygen atoms in total. The molecule has 0 rings (SSSR count). The van der Waals surface area contributed by atoms with Crippen LogP contribution < -0.4 is 0 Å². The van der Waals surface area contributed by atoms with Crippen molar-refractivity contribution in [3.63, 3.8) is 0 Å². The first-order chi connectivity index (χ1) is 18.7. The zero-order chi connectivity index (χ0) is 30.5. The van der Waals surface area contributed by atoms with Gasteiger partial charge in [0, 0.05) is 0 Å². The molecule has 0 atom stereocenters. The Morgan fingerprint density at radius 2 is 0.641 bits per heavy atom. The summed E-state index contributed by atoms with van der Waals surface area (Å²) in [6.45, 7) is 14.0.